The molecule has 0 radical (unpaired) electrons. The molecular formula is C14H13N5O. The number of carbonyl (C=O) groups is 1. The summed E-state index contributed by atoms with van der Waals surface area (Å²) in [5, 5.41) is 0. The van der Waals surface area contributed by atoms with Crippen LogP contribution in [-0.2, 0) is 4.79 Å². The van der Waals surface area contributed by atoms with E-state index in [0.717, 1.165) is 11.3 Å². The molecule has 0 fully saturated rings. The molecule has 3 rings (SSSR count). The van der Waals surface area contributed by atoms with Gasteiger partial charge in [0, 0.05) is 37.1 Å². The summed E-state index contributed by atoms with van der Waals surface area (Å²) in [5.74, 6) is 0.602. The zero-order valence-electron chi connectivity index (χ0n) is 11.2. The molecule has 0 spiro atoms. The minimum Gasteiger partial charge on any atom is -0.399 e. The van der Waals surface area contributed by atoms with E-state index in [4.69, 9.17) is 5.73 Å². The summed E-state index contributed by atoms with van der Waals surface area (Å²) in [5.41, 5.74) is 8.88. The highest BCUT2D eigenvalue weighted by atomic mass is 16.1. The number of nitrogen functional groups attached to an aromatic ring is 1. The highest BCUT2D eigenvalue weighted by molar-refractivity contribution is 6.55. The van der Waals surface area contributed by atoms with Crippen LogP contribution in [0.25, 0.3) is 0 Å². The molecule has 2 aliphatic heterocycles. The molecule has 0 bridgehead atoms. The summed E-state index contributed by atoms with van der Waals surface area (Å²) >= 11 is 0. The van der Waals surface area contributed by atoms with Crippen LogP contribution in [-0.4, -0.2) is 37.4 Å². The fraction of sp³-hybridized carbons (Fsp3) is 0.143. The Morgan fingerprint density at radius 2 is 1.85 bits per heavy atom. The third-order valence-corrected chi connectivity index (χ3v) is 3.01. The zero-order chi connectivity index (χ0) is 14.3. The van der Waals surface area contributed by atoms with Gasteiger partial charge in [-0.2, -0.15) is 4.99 Å². The van der Waals surface area contributed by atoms with E-state index >= 15 is 0 Å². The van der Waals surface area contributed by atoms with Gasteiger partial charge in [-0.3, -0.25) is 4.79 Å². The Morgan fingerprint density at radius 3 is 2.60 bits per heavy atom. The van der Waals surface area contributed by atoms with Crippen molar-refractivity contribution in [3.05, 3.63) is 35.9 Å². The molecular weight excluding hydrogens is 254 g/mol. The van der Waals surface area contributed by atoms with Crippen LogP contribution >= 0.6 is 0 Å². The van der Waals surface area contributed by atoms with Crippen LogP contribution in [0.4, 0.5) is 11.4 Å². The van der Waals surface area contributed by atoms with E-state index in [0.29, 0.717) is 23.1 Å². The lowest BCUT2D eigenvalue weighted by Crippen LogP contribution is -2.13. The molecule has 100 valence electrons. The topological polar surface area (TPSA) is 83.4 Å². The molecule has 1 aromatic rings. The fourth-order valence-electron chi connectivity index (χ4n) is 2.06. The number of benzene rings is 1. The first-order valence-corrected chi connectivity index (χ1v) is 6.10. The molecule has 2 N–H and O–H groups in total. The van der Waals surface area contributed by atoms with Crippen LogP contribution in [0.5, 0.6) is 0 Å². The number of anilines is 2. The van der Waals surface area contributed by atoms with Gasteiger partial charge < -0.3 is 10.6 Å². The number of nitrogens with two attached hydrogens (primary N) is 1. The predicted octanol–water partition coefficient (Wildman–Crippen LogP) is 1.03. The van der Waals surface area contributed by atoms with Crippen molar-refractivity contribution in [2.45, 2.75) is 0 Å². The van der Waals surface area contributed by atoms with E-state index in [2.05, 4.69) is 15.0 Å². The van der Waals surface area contributed by atoms with E-state index in [-0.39, 0.29) is 5.91 Å². The number of aliphatic imine (C=N–C) groups is 3. The zero-order valence-corrected chi connectivity index (χ0v) is 11.2. The number of dihydropyridines is 1. The molecule has 0 atom stereocenters. The number of amides is 1. The Hall–Kier alpha value is -2.76. The van der Waals surface area contributed by atoms with E-state index in [9.17, 15) is 4.79 Å². The summed E-state index contributed by atoms with van der Waals surface area (Å²) in [6.45, 7) is 0. The molecule has 1 aromatic carbocycles. The Kier molecular flexibility index (Phi) is 2.71. The normalized spacial score (nSPS) is 16.5. The first-order chi connectivity index (χ1) is 9.54. The molecule has 0 unspecified atom stereocenters. The maximum Gasteiger partial charge on any atom is 0.271 e. The minimum atomic E-state index is -0.311. The molecule has 20 heavy (non-hydrogen) atoms. The minimum absolute atomic E-state index is 0.311. The van der Waals surface area contributed by atoms with Gasteiger partial charge in [-0.1, -0.05) is 0 Å². The van der Waals surface area contributed by atoms with Gasteiger partial charge in [-0.25, -0.2) is 9.98 Å². The van der Waals surface area contributed by atoms with Crippen LogP contribution in [0, 0.1) is 0 Å². The van der Waals surface area contributed by atoms with Gasteiger partial charge >= 0.3 is 0 Å². The second-order valence-corrected chi connectivity index (χ2v) is 4.71. The third kappa shape index (κ3) is 2.01. The van der Waals surface area contributed by atoms with Crippen molar-refractivity contribution in [3.63, 3.8) is 0 Å². The standard InChI is InChI=1S/C14H13N5O/c1-19(2)11-7-8(15)3-4-9(11)13-16-10-5-6-12(20)17-14(10)18-13/h3-7H,15H2,1-2H3. The molecule has 0 aliphatic carbocycles. The maximum absolute atomic E-state index is 11.2. The van der Waals surface area contributed by atoms with Crippen molar-refractivity contribution in [1.82, 2.24) is 0 Å². The number of carbonyl (C=O) groups excluding carboxylic acids is 1. The summed E-state index contributed by atoms with van der Waals surface area (Å²) in [6.07, 6.45) is 3.02. The van der Waals surface area contributed by atoms with Crippen LogP contribution in [0.2, 0.25) is 0 Å². The number of hydrogen-bond donors (Lipinski definition) is 1. The molecule has 0 saturated carbocycles. The second kappa shape index (κ2) is 4.41. The Balaban J connectivity index is 2.10. The van der Waals surface area contributed by atoms with Crippen molar-refractivity contribution < 1.29 is 4.79 Å². The smallest absolute Gasteiger partial charge is 0.271 e. The highest BCUT2D eigenvalue weighted by Gasteiger charge is 2.22. The van der Waals surface area contributed by atoms with Crippen molar-refractivity contribution >= 4 is 34.7 Å². The average Bonchev–Trinajstić information content (AvgIpc) is 2.81. The van der Waals surface area contributed by atoms with Gasteiger partial charge in [0.2, 0.25) is 0 Å². The van der Waals surface area contributed by atoms with Crippen molar-refractivity contribution in [1.29, 1.82) is 0 Å². The van der Waals surface area contributed by atoms with Crippen molar-refractivity contribution in [2.75, 3.05) is 24.7 Å². The maximum atomic E-state index is 11.2. The summed E-state index contributed by atoms with van der Waals surface area (Å²) in [7, 11) is 3.85. The lowest BCUT2D eigenvalue weighted by atomic mass is 10.1. The number of fused-ring (bicyclic) bond motifs is 1. The Labute approximate surface area is 116 Å². The summed E-state index contributed by atoms with van der Waals surface area (Å²) in [4.78, 5) is 25.8. The number of rotatable bonds is 2. The molecule has 0 aromatic heterocycles. The first kappa shape index (κ1) is 12.3. The monoisotopic (exact) mass is 267 g/mol. The Morgan fingerprint density at radius 1 is 1.05 bits per heavy atom. The second-order valence-electron chi connectivity index (χ2n) is 4.71. The van der Waals surface area contributed by atoms with Gasteiger partial charge in [0.15, 0.2) is 11.7 Å². The Bertz CT molecular complexity index is 725. The molecule has 0 saturated heterocycles. The molecule has 2 aliphatic rings. The molecule has 6 heteroatoms. The fourth-order valence-corrected chi connectivity index (χ4v) is 2.06. The largest absolute Gasteiger partial charge is 0.399 e. The van der Waals surface area contributed by atoms with Crippen LogP contribution in [0.15, 0.2) is 45.3 Å². The quantitative estimate of drug-likeness (QED) is 0.812. The van der Waals surface area contributed by atoms with Crippen LogP contribution in [0.1, 0.15) is 5.56 Å². The van der Waals surface area contributed by atoms with E-state index < -0.39 is 0 Å². The van der Waals surface area contributed by atoms with Crippen molar-refractivity contribution in [2.24, 2.45) is 15.0 Å². The predicted molar refractivity (Wildman–Crippen MR) is 80.7 cm³/mol. The van der Waals surface area contributed by atoms with Crippen LogP contribution in [0.3, 0.4) is 0 Å². The number of nitrogens with zero attached hydrogens (tertiary/aromatic N) is 4. The van der Waals surface area contributed by atoms with Gasteiger partial charge in [0.05, 0.1) is 0 Å². The van der Waals surface area contributed by atoms with E-state index in [1.54, 1.807) is 12.1 Å². The number of hydrogen-bond acceptors (Lipinski definition) is 5. The van der Waals surface area contributed by atoms with E-state index in [1.165, 1.54) is 6.08 Å². The lowest BCUT2D eigenvalue weighted by Gasteiger charge is -2.17. The lowest BCUT2D eigenvalue weighted by molar-refractivity contribution is -0.113. The van der Waals surface area contributed by atoms with E-state index in [1.807, 2.05) is 31.1 Å². The number of amidine groups is 2. The van der Waals surface area contributed by atoms with Gasteiger partial charge in [-0.05, 0) is 24.3 Å². The van der Waals surface area contributed by atoms with Gasteiger partial charge in [0.1, 0.15) is 5.71 Å². The van der Waals surface area contributed by atoms with Gasteiger partial charge in [-0.15, -0.1) is 0 Å². The highest BCUT2D eigenvalue weighted by Crippen LogP contribution is 2.25. The summed E-state index contributed by atoms with van der Waals surface area (Å²) in [6, 6.07) is 5.54. The molecule has 2 heterocycles. The van der Waals surface area contributed by atoms with Crippen LogP contribution < -0.4 is 10.6 Å². The molecule has 1 amide bonds. The first-order valence-electron chi connectivity index (χ1n) is 6.10. The summed E-state index contributed by atoms with van der Waals surface area (Å²) < 4.78 is 0. The average molecular weight is 267 g/mol. The molecule has 6 nitrogen and oxygen atoms in total. The SMILES string of the molecule is CN(C)c1cc(N)ccc1C1=NC2=NC(=O)C=CC2=N1. The van der Waals surface area contributed by atoms with Gasteiger partial charge in [0.25, 0.3) is 5.91 Å². The van der Waals surface area contributed by atoms with Crippen molar-refractivity contribution in [3.8, 4) is 0 Å². The third-order valence-electron chi connectivity index (χ3n) is 3.01.